The van der Waals surface area contributed by atoms with Gasteiger partial charge in [-0.2, -0.15) is 0 Å². The molecule has 1 unspecified atom stereocenters. The van der Waals surface area contributed by atoms with Gasteiger partial charge in [0.2, 0.25) is 0 Å². The highest BCUT2D eigenvalue weighted by Gasteiger charge is 2.20. The smallest absolute Gasteiger partial charge is 0.122 e. The lowest BCUT2D eigenvalue weighted by atomic mass is 10.3. The van der Waals surface area contributed by atoms with E-state index < -0.39 is 0 Å². The summed E-state index contributed by atoms with van der Waals surface area (Å²) in [6.45, 7) is 3.29. The van der Waals surface area contributed by atoms with E-state index in [1.54, 1.807) is 6.20 Å². The van der Waals surface area contributed by atoms with Gasteiger partial charge in [0.25, 0.3) is 0 Å². The van der Waals surface area contributed by atoms with E-state index in [2.05, 4.69) is 9.88 Å². The Morgan fingerprint density at radius 1 is 1.67 bits per heavy atom. The summed E-state index contributed by atoms with van der Waals surface area (Å²) >= 11 is 0. The first-order chi connectivity index (χ1) is 7.29. The van der Waals surface area contributed by atoms with E-state index in [1.165, 1.54) is 0 Å². The summed E-state index contributed by atoms with van der Waals surface area (Å²) in [5, 5.41) is 9.02. The first-order valence-electron chi connectivity index (χ1n) is 5.20. The summed E-state index contributed by atoms with van der Waals surface area (Å²) in [4.78, 5) is 6.54. The normalized spacial score (nSPS) is 23.2. The van der Waals surface area contributed by atoms with Gasteiger partial charge < -0.3 is 14.4 Å². The topological polar surface area (TPSA) is 50.5 Å². The van der Waals surface area contributed by atoms with Crippen LogP contribution in [0.3, 0.4) is 0 Å². The van der Waals surface area contributed by atoms with Crippen molar-refractivity contribution in [2.45, 2.75) is 12.6 Å². The Morgan fingerprint density at radius 3 is 3.20 bits per heavy atom. The van der Waals surface area contributed by atoms with Crippen LogP contribution in [0.25, 0.3) is 0 Å². The van der Waals surface area contributed by atoms with Crippen LogP contribution in [0.1, 0.15) is 5.82 Å². The number of imidazole rings is 1. The van der Waals surface area contributed by atoms with E-state index in [0.717, 1.165) is 25.5 Å². The van der Waals surface area contributed by atoms with Gasteiger partial charge in [0.05, 0.1) is 25.9 Å². The predicted molar refractivity (Wildman–Crippen MR) is 55.3 cm³/mol. The Hall–Kier alpha value is -0.910. The third-order valence-corrected chi connectivity index (χ3v) is 2.71. The zero-order valence-electron chi connectivity index (χ0n) is 8.96. The molecule has 2 heterocycles. The molecule has 1 aromatic rings. The molecule has 0 spiro atoms. The van der Waals surface area contributed by atoms with Gasteiger partial charge in [-0.3, -0.25) is 4.90 Å². The standard InChI is InChI=1S/C10H17N3O2/c1-12-3-2-11-10(12)7-13-4-5-15-9(6-13)8-14/h2-3,9,14H,4-8H2,1H3. The monoisotopic (exact) mass is 211 g/mol. The lowest BCUT2D eigenvalue weighted by Gasteiger charge is -2.31. The van der Waals surface area contributed by atoms with Crippen molar-refractivity contribution in [1.82, 2.24) is 14.5 Å². The molecule has 15 heavy (non-hydrogen) atoms. The van der Waals surface area contributed by atoms with Crippen molar-refractivity contribution in [2.75, 3.05) is 26.3 Å². The number of hydrogen-bond donors (Lipinski definition) is 1. The van der Waals surface area contributed by atoms with Gasteiger partial charge >= 0.3 is 0 Å². The molecule has 1 aliphatic rings. The lowest BCUT2D eigenvalue weighted by Crippen LogP contribution is -2.43. The maximum absolute atomic E-state index is 9.02. The largest absolute Gasteiger partial charge is 0.394 e. The lowest BCUT2D eigenvalue weighted by molar-refractivity contribution is -0.0558. The van der Waals surface area contributed by atoms with Crippen molar-refractivity contribution in [1.29, 1.82) is 0 Å². The predicted octanol–water partition coefficient (Wildman–Crippen LogP) is -0.387. The molecule has 0 amide bonds. The minimum Gasteiger partial charge on any atom is -0.394 e. The second kappa shape index (κ2) is 4.74. The van der Waals surface area contributed by atoms with Crippen LogP contribution < -0.4 is 0 Å². The van der Waals surface area contributed by atoms with Crippen LogP contribution in [-0.4, -0.2) is 52.0 Å². The van der Waals surface area contributed by atoms with Gasteiger partial charge in [0, 0.05) is 32.5 Å². The van der Waals surface area contributed by atoms with E-state index in [0.29, 0.717) is 6.61 Å². The molecule has 5 nitrogen and oxygen atoms in total. The fourth-order valence-corrected chi connectivity index (χ4v) is 1.78. The Morgan fingerprint density at radius 2 is 2.53 bits per heavy atom. The first-order valence-corrected chi connectivity index (χ1v) is 5.20. The summed E-state index contributed by atoms with van der Waals surface area (Å²) in [7, 11) is 1.99. The molecular formula is C10H17N3O2. The van der Waals surface area contributed by atoms with Crippen molar-refractivity contribution < 1.29 is 9.84 Å². The Balaban J connectivity index is 1.92. The van der Waals surface area contributed by atoms with Gasteiger partial charge in [-0.05, 0) is 0 Å². The number of aryl methyl sites for hydroxylation is 1. The van der Waals surface area contributed by atoms with E-state index in [4.69, 9.17) is 9.84 Å². The molecule has 1 aromatic heterocycles. The van der Waals surface area contributed by atoms with Gasteiger partial charge in [-0.25, -0.2) is 4.98 Å². The highest BCUT2D eigenvalue weighted by Crippen LogP contribution is 2.08. The fourth-order valence-electron chi connectivity index (χ4n) is 1.78. The summed E-state index contributed by atoms with van der Waals surface area (Å²) in [5.74, 6) is 1.05. The van der Waals surface area contributed by atoms with Crippen molar-refractivity contribution in [3.63, 3.8) is 0 Å². The second-order valence-electron chi connectivity index (χ2n) is 3.86. The Bertz CT molecular complexity index is 313. The van der Waals surface area contributed by atoms with E-state index in [1.807, 2.05) is 17.8 Å². The van der Waals surface area contributed by atoms with E-state index in [-0.39, 0.29) is 12.7 Å². The number of ether oxygens (including phenoxy) is 1. The number of aliphatic hydroxyl groups excluding tert-OH is 1. The van der Waals surface area contributed by atoms with Crippen molar-refractivity contribution in [3.8, 4) is 0 Å². The quantitative estimate of drug-likeness (QED) is 0.740. The fraction of sp³-hybridized carbons (Fsp3) is 0.700. The number of hydrogen-bond acceptors (Lipinski definition) is 4. The summed E-state index contributed by atoms with van der Waals surface area (Å²) < 4.78 is 7.41. The van der Waals surface area contributed by atoms with Gasteiger partial charge in [0.15, 0.2) is 0 Å². The molecule has 1 fully saturated rings. The number of aliphatic hydroxyl groups is 1. The SMILES string of the molecule is Cn1ccnc1CN1CCOC(CO)C1. The molecule has 1 aliphatic heterocycles. The number of nitrogens with zero attached hydrogens (tertiary/aromatic N) is 3. The molecule has 0 radical (unpaired) electrons. The van der Waals surface area contributed by atoms with Crippen LogP contribution in [0.2, 0.25) is 0 Å². The maximum atomic E-state index is 9.02. The minimum atomic E-state index is -0.0426. The third-order valence-electron chi connectivity index (χ3n) is 2.71. The van der Waals surface area contributed by atoms with Crippen molar-refractivity contribution >= 4 is 0 Å². The zero-order valence-corrected chi connectivity index (χ0v) is 8.96. The Kier molecular flexibility index (Phi) is 3.35. The second-order valence-corrected chi connectivity index (χ2v) is 3.86. The molecule has 5 heteroatoms. The van der Waals surface area contributed by atoms with Crippen LogP contribution in [-0.2, 0) is 18.3 Å². The molecule has 1 atom stereocenters. The van der Waals surface area contributed by atoms with Crippen LogP contribution >= 0.6 is 0 Å². The van der Waals surface area contributed by atoms with E-state index in [9.17, 15) is 0 Å². The van der Waals surface area contributed by atoms with Crippen molar-refractivity contribution in [2.24, 2.45) is 7.05 Å². The molecule has 0 saturated carbocycles. The molecule has 1 saturated heterocycles. The summed E-state index contributed by atoms with van der Waals surface area (Å²) in [6, 6.07) is 0. The average Bonchev–Trinajstić information content (AvgIpc) is 2.65. The molecule has 84 valence electrons. The summed E-state index contributed by atoms with van der Waals surface area (Å²) in [5.41, 5.74) is 0. The van der Waals surface area contributed by atoms with Gasteiger partial charge in [0.1, 0.15) is 5.82 Å². The highest BCUT2D eigenvalue weighted by atomic mass is 16.5. The zero-order chi connectivity index (χ0) is 10.7. The molecule has 2 rings (SSSR count). The average molecular weight is 211 g/mol. The number of aromatic nitrogens is 2. The van der Waals surface area contributed by atoms with Gasteiger partial charge in [-0.1, -0.05) is 0 Å². The maximum Gasteiger partial charge on any atom is 0.122 e. The van der Waals surface area contributed by atoms with Crippen LogP contribution in [0, 0.1) is 0 Å². The molecule has 0 aromatic carbocycles. The third kappa shape index (κ3) is 2.56. The van der Waals surface area contributed by atoms with Gasteiger partial charge in [-0.15, -0.1) is 0 Å². The molecule has 0 aliphatic carbocycles. The molecular weight excluding hydrogens is 194 g/mol. The Labute approximate surface area is 89.3 Å². The molecule has 0 bridgehead atoms. The van der Waals surface area contributed by atoms with E-state index >= 15 is 0 Å². The highest BCUT2D eigenvalue weighted by molar-refractivity contribution is 4.91. The molecule has 1 N–H and O–H groups in total. The minimum absolute atomic E-state index is 0.0426. The number of rotatable bonds is 3. The summed E-state index contributed by atoms with van der Waals surface area (Å²) in [6.07, 6.45) is 3.71. The van der Waals surface area contributed by atoms with Crippen LogP contribution in [0.4, 0.5) is 0 Å². The first kappa shape index (κ1) is 10.6. The van der Waals surface area contributed by atoms with Crippen LogP contribution in [0.5, 0.6) is 0 Å². The van der Waals surface area contributed by atoms with Crippen molar-refractivity contribution in [3.05, 3.63) is 18.2 Å². The van der Waals surface area contributed by atoms with Crippen LogP contribution in [0.15, 0.2) is 12.4 Å². The number of morpholine rings is 1.